The number of amides is 1. The van der Waals surface area contributed by atoms with E-state index in [1.165, 1.54) is 6.92 Å². The standard InChI is InChI=1S/C11H21NO3/c1-5-6-7-11(3,4)10(15)12-8(2)9(13)14/h8H,5-7H2,1-4H3,(H,12,15)(H,13,14). The van der Waals surface area contributed by atoms with Gasteiger partial charge < -0.3 is 10.4 Å². The van der Waals surface area contributed by atoms with E-state index in [9.17, 15) is 9.59 Å². The van der Waals surface area contributed by atoms with Crippen LogP contribution in [0, 0.1) is 5.41 Å². The second-order valence-corrected chi connectivity index (χ2v) is 4.52. The SMILES string of the molecule is CCCCC(C)(C)C(=O)NC(C)C(=O)O. The van der Waals surface area contributed by atoms with Crippen molar-refractivity contribution >= 4 is 11.9 Å². The van der Waals surface area contributed by atoms with Gasteiger partial charge in [0.25, 0.3) is 0 Å². The Morgan fingerprint density at radius 3 is 2.33 bits per heavy atom. The zero-order valence-electron chi connectivity index (χ0n) is 9.96. The van der Waals surface area contributed by atoms with Gasteiger partial charge in [0.2, 0.25) is 5.91 Å². The topological polar surface area (TPSA) is 66.4 Å². The normalized spacial score (nSPS) is 13.3. The van der Waals surface area contributed by atoms with Crippen molar-refractivity contribution in [3.8, 4) is 0 Å². The molecule has 88 valence electrons. The van der Waals surface area contributed by atoms with E-state index >= 15 is 0 Å². The molecular weight excluding hydrogens is 194 g/mol. The lowest BCUT2D eigenvalue weighted by Crippen LogP contribution is -2.45. The number of carboxylic acid groups (broad SMARTS) is 1. The highest BCUT2D eigenvalue weighted by Gasteiger charge is 2.28. The van der Waals surface area contributed by atoms with Gasteiger partial charge in [-0.25, -0.2) is 0 Å². The van der Waals surface area contributed by atoms with Gasteiger partial charge >= 0.3 is 5.97 Å². The summed E-state index contributed by atoms with van der Waals surface area (Å²) in [5.41, 5.74) is -0.486. The van der Waals surface area contributed by atoms with Crippen molar-refractivity contribution in [1.29, 1.82) is 0 Å². The molecule has 0 spiro atoms. The predicted molar refractivity (Wildman–Crippen MR) is 58.5 cm³/mol. The molecule has 0 fully saturated rings. The predicted octanol–water partition coefficient (Wildman–Crippen LogP) is 1.79. The van der Waals surface area contributed by atoms with E-state index in [-0.39, 0.29) is 5.91 Å². The number of unbranched alkanes of at least 4 members (excludes halogenated alkanes) is 1. The van der Waals surface area contributed by atoms with Crippen molar-refractivity contribution in [2.45, 2.75) is 53.0 Å². The van der Waals surface area contributed by atoms with Gasteiger partial charge in [0.15, 0.2) is 0 Å². The Morgan fingerprint density at radius 1 is 1.40 bits per heavy atom. The number of carbonyl (C=O) groups is 2. The molecule has 4 heteroatoms. The first-order chi connectivity index (χ1) is 6.81. The van der Waals surface area contributed by atoms with E-state index in [1.807, 2.05) is 13.8 Å². The quantitative estimate of drug-likeness (QED) is 0.710. The molecule has 0 rings (SSSR count). The Balaban J connectivity index is 4.24. The van der Waals surface area contributed by atoms with Gasteiger partial charge in [0.05, 0.1) is 0 Å². The van der Waals surface area contributed by atoms with Crippen LogP contribution >= 0.6 is 0 Å². The molecule has 0 aliphatic rings. The molecule has 0 aliphatic heterocycles. The van der Waals surface area contributed by atoms with Crippen LogP contribution in [0.3, 0.4) is 0 Å². The molecular formula is C11H21NO3. The summed E-state index contributed by atoms with van der Waals surface area (Å²) in [6, 6.07) is -0.821. The van der Waals surface area contributed by atoms with Crippen LogP contribution in [0.25, 0.3) is 0 Å². The number of carbonyl (C=O) groups excluding carboxylic acids is 1. The maximum atomic E-state index is 11.7. The largest absolute Gasteiger partial charge is 0.480 e. The molecule has 1 atom stereocenters. The Labute approximate surface area is 91.1 Å². The van der Waals surface area contributed by atoms with Crippen LogP contribution in [0.4, 0.5) is 0 Å². The van der Waals surface area contributed by atoms with Crippen molar-refractivity contribution in [3.05, 3.63) is 0 Å². The van der Waals surface area contributed by atoms with Crippen molar-refractivity contribution in [2.24, 2.45) is 5.41 Å². The molecule has 1 unspecified atom stereocenters. The lowest BCUT2D eigenvalue weighted by molar-refractivity contribution is -0.143. The minimum absolute atomic E-state index is 0.189. The van der Waals surface area contributed by atoms with Crippen LogP contribution in [0.2, 0.25) is 0 Å². The molecule has 1 amide bonds. The van der Waals surface area contributed by atoms with Crippen molar-refractivity contribution < 1.29 is 14.7 Å². The number of nitrogens with one attached hydrogen (secondary N) is 1. The summed E-state index contributed by atoms with van der Waals surface area (Å²) >= 11 is 0. The first kappa shape index (κ1) is 13.9. The highest BCUT2D eigenvalue weighted by molar-refractivity contribution is 5.86. The van der Waals surface area contributed by atoms with Crippen LogP contribution in [0.5, 0.6) is 0 Å². The van der Waals surface area contributed by atoms with Crippen molar-refractivity contribution in [2.75, 3.05) is 0 Å². The molecule has 0 aromatic carbocycles. The zero-order chi connectivity index (χ0) is 12.1. The van der Waals surface area contributed by atoms with Gasteiger partial charge in [-0.1, -0.05) is 33.6 Å². The highest BCUT2D eigenvalue weighted by Crippen LogP contribution is 2.23. The van der Waals surface area contributed by atoms with E-state index in [0.29, 0.717) is 0 Å². The van der Waals surface area contributed by atoms with Gasteiger partial charge in [-0.15, -0.1) is 0 Å². The van der Waals surface area contributed by atoms with E-state index < -0.39 is 17.4 Å². The van der Waals surface area contributed by atoms with Gasteiger partial charge in [-0.05, 0) is 13.3 Å². The van der Waals surface area contributed by atoms with Crippen molar-refractivity contribution in [1.82, 2.24) is 5.32 Å². The molecule has 0 heterocycles. The zero-order valence-corrected chi connectivity index (χ0v) is 9.96. The molecule has 15 heavy (non-hydrogen) atoms. The Hall–Kier alpha value is -1.06. The van der Waals surface area contributed by atoms with Gasteiger partial charge in [0.1, 0.15) is 6.04 Å². The van der Waals surface area contributed by atoms with Gasteiger partial charge in [-0.3, -0.25) is 9.59 Å². The third-order valence-corrected chi connectivity index (χ3v) is 2.49. The maximum absolute atomic E-state index is 11.7. The summed E-state index contributed by atoms with van der Waals surface area (Å²) in [6.07, 6.45) is 2.79. The molecule has 0 aliphatic carbocycles. The first-order valence-electron chi connectivity index (χ1n) is 5.35. The van der Waals surface area contributed by atoms with E-state index in [2.05, 4.69) is 12.2 Å². The van der Waals surface area contributed by atoms with Crippen LogP contribution < -0.4 is 5.32 Å². The molecule has 0 aromatic heterocycles. The fourth-order valence-corrected chi connectivity index (χ4v) is 1.19. The summed E-state index contributed by atoms with van der Waals surface area (Å²) in [5, 5.41) is 11.1. The van der Waals surface area contributed by atoms with E-state index in [1.54, 1.807) is 0 Å². The van der Waals surface area contributed by atoms with E-state index in [0.717, 1.165) is 19.3 Å². The number of carboxylic acids is 1. The van der Waals surface area contributed by atoms with Crippen molar-refractivity contribution in [3.63, 3.8) is 0 Å². The monoisotopic (exact) mass is 215 g/mol. The lowest BCUT2D eigenvalue weighted by Gasteiger charge is -2.24. The fraction of sp³-hybridized carbons (Fsp3) is 0.818. The second-order valence-electron chi connectivity index (χ2n) is 4.52. The number of hydrogen-bond donors (Lipinski definition) is 2. The number of rotatable bonds is 6. The summed E-state index contributed by atoms with van der Waals surface area (Å²) in [4.78, 5) is 22.3. The molecule has 0 bridgehead atoms. The smallest absolute Gasteiger partial charge is 0.325 e. The molecule has 0 saturated heterocycles. The molecule has 0 saturated carbocycles. The van der Waals surface area contributed by atoms with Crippen LogP contribution in [0.1, 0.15) is 47.0 Å². The fourth-order valence-electron chi connectivity index (χ4n) is 1.19. The number of aliphatic carboxylic acids is 1. The average Bonchev–Trinajstić information content (AvgIpc) is 2.14. The van der Waals surface area contributed by atoms with Crippen LogP contribution in [0.15, 0.2) is 0 Å². The summed E-state index contributed by atoms with van der Waals surface area (Å²) < 4.78 is 0. The molecule has 4 nitrogen and oxygen atoms in total. The summed E-state index contributed by atoms with van der Waals surface area (Å²) in [6.45, 7) is 7.21. The summed E-state index contributed by atoms with van der Waals surface area (Å²) in [5.74, 6) is -1.19. The van der Waals surface area contributed by atoms with Gasteiger partial charge in [0, 0.05) is 5.41 Å². The van der Waals surface area contributed by atoms with E-state index in [4.69, 9.17) is 5.11 Å². The van der Waals surface area contributed by atoms with Crippen LogP contribution in [-0.4, -0.2) is 23.0 Å². The first-order valence-corrected chi connectivity index (χ1v) is 5.35. The minimum Gasteiger partial charge on any atom is -0.480 e. The van der Waals surface area contributed by atoms with Crippen LogP contribution in [-0.2, 0) is 9.59 Å². The minimum atomic E-state index is -1.00. The Bertz CT molecular complexity index is 236. The molecule has 0 aromatic rings. The maximum Gasteiger partial charge on any atom is 0.325 e. The summed E-state index contributed by atoms with van der Waals surface area (Å²) in [7, 11) is 0. The molecule has 0 radical (unpaired) electrons. The lowest BCUT2D eigenvalue weighted by atomic mass is 9.86. The second kappa shape index (κ2) is 5.73. The Morgan fingerprint density at radius 2 is 1.93 bits per heavy atom. The highest BCUT2D eigenvalue weighted by atomic mass is 16.4. The third-order valence-electron chi connectivity index (χ3n) is 2.49. The number of hydrogen-bond acceptors (Lipinski definition) is 2. The Kier molecular flexibility index (Phi) is 5.33. The third kappa shape index (κ3) is 4.81. The van der Waals surface area contributed by atoms with Gasteiger partial charge in [-0.2, -0.15) is 0 Å². The average molecular weight is 215 g/mol. The molecule has 2 N–H and O–H groups in total.